The first-order valence-corrected chi connectivity index (χ1v) is 4.95. The average Bonchev–Trinajstić information content (AvgIpc) is 2.12. The standard InChI is InChI=1S/C10H7ClF3NO3/c11-6-1-5(9(17)18)2-7(3-6)15-8(16)4-10(12,13)14/h1-3H,4H2,(H,15,16)(H,17,18). The summed E-state index contributed by atoms with van der Waals surface area (Å²) in [4.78, 5) is 21.7. The number of carbonyl (C=O) groups excluding carboxylic acids is 1. The summed E-state index contributed by atoms with van der Waals surface area (Å²) >= 11 is 5.57. The van der Waals surface area contributed by atoms with Crippen LogP contribution in [0.4, 0.5) is 18.9 Å². The fourth-order valence-corrected chi connectivity index (χ4v) is 1.41. The van der Waals surface area contributed by atoms with Crippen LogP contribution in [0.5, 0.6) is 0 Å². The molecule has 0 aliphatic rings. The third-order valence-electron chi connectivity index (χ3n) is 1.79. The maximum atomic E-state index is 11.9. The van der Waals surface area contributed by atoms with E-state index in [0.29, 0.717) is 0 Å². The minimum absolute atomic E-state index is 0.00258. The lowest BCUT2D eigenvalue weighted by molar-refractivity contribution is -0.150. The van der Waals surface area contributed by atoms with Gasteiger partial charge in [-0.15, -0.1) is 0 Å². The molecule has 1 aromatic carbocycles. The van der Waals surface area contributed by atoms with Gasteiger partial charge in [-0.3, -0.25) is 4.79 Å². The normalized spacial score (nSPS) is 11.1. The van der Waals surface area contributed by atoms with Crippen molar-refractivity contribution in [2.75, 3.05) is 5.32 Å². The summed E-state index contributed by atoms with van der Waals surface area (Å²) in [7, 11) is 0. The molecule has 2 N–H and O–H groups in total. The molecule has 0 bridgehead atoms. The number of hydrogen-bond donors (Lipinski definition) is 2. The van der Waals surface area contributed by atoms with Crippen molar-refractivity contribution in [3.8, 4) is 0 Å². The number of carboxylic acids is 1. The second-order valence-electron chi connectivity index (χ2n) is 3.37. The maximum Gasteiger partial charge on any atom is 0.397 e. The molecule has 4 nitrogen and oxygen atoms in total. The first-order chi connectivity index (χ1) is 8.17. The highest BCUT2D eigenvalue weighted by Crippen LogP contribution is 2.22. The zero-order valence-corrected chi connectivity index (χ0v) is 9.47. The summed E-state index contributed by atoms with van der Waals surface area (Å²) in [5, 5.41) is 10.6. The Morgan fingerprint density at radius 1 is 1.28 bits per heavy atom. The molecular weight excluding hydrogens is 275 g/mol. The molecule has 0 aliphatic heterocycles. The number of carboxylic acid groups (broad SMARTS) is 1. The van der Waals surface area contributed by atoms with Gasteiger partial charge < -0.3 is 10.4 Å². The topological polar surface area (TPSA) is 66.4 Å². The number of benzene rings is 1. The van der Waals surface area contributed by atoms with Gasteiger partial charge in [0.05, 0.1) is 5.56 Å². The number of carbonyl (C=O) groups is 2. The van der Waals surface area contributed by atoms with E-state index in [-0.39, 0.29) is 16.3 Å². The number of rotatable bonds is 3. The Labute approximate surface area is 104 Å². The summed E-state index contributed by atoms with van der Waals surface area (Å²) in [5.74, 6) is -2.59. The van der Waals surface area contributed by atoms with Gasteiger partial charge in [-0.05, 0) is 18.2 Å². The summed E-state index contributed by atoms with van der Waals surface area (Å²) in [6.45, 7) is 0. The molecule has 1 aromatic rings. The number of hydrogen-bond acceptors (Lipinski definition) is 2. The SMILES string of the molecule is O=C(CC(F)(F)F)Nc1cc(Cl)cc(C(=O)O)c1. The van der Waals surface area contributed by atoms with Crippen molar-refractivity contribution in [3.05, 3.63) is 28.8 Å². The van der Waals surface area contributed by atoms with E-state index in [1.807, 2.05) is 5.32 Å². The van der Waals surface area contributed by atoms with Gasteiger partial charge in [-0.1, -0.05) is 11.6 Å². The van der Waals surface area contributed by atoms with Crippen LogP contribution in [-0.4, -0.2) is 23.2 Å². The van der Waals surface area contributed by atoms with Crippen LogP contribution >= 0.6 is 11.6 Å². The van der Waals surface area contributed by atoms with Crippen molar-refractivity contribution in [2.24, 2.45) is 0 Å². The molecule has 0 atom stereocenters. The minimum atomic E-state index is -4.63. The predicted molar refractivity (Wildman–Crippen MR) is 57.7 cm³/mol. The molecule has 0 heterocycles. The van der Waals surface area contributed by atoms with Crippen molar-refractivity contribution in [3.63, 3.8) is 0 Å². The van der Waals surface area contributed by atoms with Gasteiger partial charge in [-0.25, -0.2) is 4.79 Å². The molecule has 1 rings (SSSR count). The quantitative estimate of drug-likeness (QED) is 0.895. The molecular formula is C10H7ClF3NO3. The molecule has 98 valence electrons. The number of alkyl halides is 3. The Kier molecular flexibility index (Phi) is 4.18. The molecule has 0 unspecified atom stereocenters. The van der Waals surface area contributed by atoms with E-state index in [4.69, 9.17) is 16.7 Å². The van der Waals surface area contributed by atoms with Crippen LogP contribution in [0.3, 0.4) is 0 Å². The smallest absolute Gasteiger partial charge is 0.397 e. The highest BCUT2D eigenvalue weighted by atomic mass is 35.5. The molecule has 0 aromatic heterocycles. The molecule has 0 saturated heterocycles. The molecule has 0 radical (unpaired) electrons. The van der Waals surface area contributed by atoms with E-state index in [2.05, 4.69) is 0 Å². The number of halogens is 4. The zero-order chi connectivity index (χ0) is 13.9. The van der Waals surface area contributed by atoms with E-state index in [1.165, 1.54) is 0 Å². The summed E-state index contributed by atoms with van der Waals surface area (Å²) in [5.41, 5.74) is -0.334. The van der Waals surface area contributed by atoms with Crippen LogP contribution in [0.2, 0.25) is 5.02 Å². The van der Waals surface area contributed by atoms with Crippen molar-refractivity contribution in [1.82, 2.24) is 0 Å². The zero-order valence-electron chi connectivity index (χ0n) is 8.71. The van der Waals surface area contributed by atoms with Crippen molar-refractivity contribution in [1.29, 1.82) is 0 Å². The third-order valence-corrected chi connectivity index (χ3v) is 2.01. The first-order valence-electron chi connectivity index (χ1n) is 4.58. The van der Waals surface area contributed by atoms with Gasteiger partial charge in [0.2, 0.25) is 5.91 Å². The van der Waals surface area contributed by atoms with Gasteiger partial charge in [0.1, 0.15) is 6.42 Å². The second kappa shape index (κ2) is 5.26. The number of amides is 1. The van der Waals surface area contributed by atoms with Crippen molar-refractivity contribution in [2.45, 2.75) is 12.6 Å². The fourth-order valence-electron chi connectivity index (χ4n) is 1.17. The van der Waals surface area contributed by atoms with Crippen LogP contribution in [0.15, 0.2) is 18.2 Å². The second-order valence-corrected chi connectivity index (χ2v) is 3.81. The van der Waals surface area contributed by atoms with E-state index < -0.39 is 24.5 Å². The van der Waals surface area contributed by atoms with Crippen molar-refractivity contribution < 1.29 is 27.9 Å². The predicted octanol–water partition coefficient (Wildman–Crippen LogP) is 2.93. The lowest BCUT2D eigenvalue weighted by atomic mass is 10.2. The average molecular weight is 282 g/mol. The minimum Gasteiger partial charge on any atom is -0.478 e. The number of nitrogens with one attached hydrogen (secondary N) is 1. The first kappa shape index (κ1) is 14.3. The largest absolute Gasteiger partial charge is 0.478 e. The van der Waals surface area contributed by atoms with Crippen LogP contribution in [0.25, 0.3) is 0 Å². The fraction of sp³-hybridized carbons (Fsp3) is 0.200. The van der Waals surface area contributed by atoms with E-state index in [1.54, 1.807) is 0 Å². The van der Waals surface area contributed by atoms with Gasteiger partial charge in [0.15, 0.2) is 0 Å². The Morgan fingerprint density at radius 3 is 2.39 bits per heavy atom. The lowest BCUT2D eigenvalue weighted by Crippen LogP contribution is -2.21. The molecule has 8 heteroatoms. The van der Waals surface area contributed by atoms with E-state index in [9.17, 15) is 22.8 Å². The Balaban J connectivity index is 2.85. The van der Waals surface area contributed by atoms with Gasteiger partial charge in [0, 0.05) is 10.7 Å². The van der Waals surface area contributed by atoms with Crippen LogP contribution in [-0.2, 0) is 4.79 Å². The molecule has 0 aliphatic carbocycles. The highest BCUT2D eigenvalue weighted by molar-refractivity contribution is 6.31. The number of aromatic carboxylic acids is 1. The summed E-state index contributed by atoms with van der Waals surface area (Å²) < 4.78 is 35.7. The molecule has 1 amide bonds. The van der Waals surface area contributed by atoms with Crippen LogP contribution in [0, 0.1) is 0 Å². The highest BCUT2D eigenvalue weighted by Gasteiger charge is 2.31. The molecule has 18 heavy (non-hydrogen) atoms. The van der Waals surface area contributed by atoms with Crippen LogP contribution in [0.1, 0.15) is 16.8 Å². The number of anilines is 1. The van der Waals surface area contributed by atoms with Crippen molar-refractivity contribution >= 4 is 29.2 Å². The van der Waals surface area contributed by atoms with Gasteiger partial charge in [0.25, 0.3) is 0 Å². The summed E-state index contributed by atoms with van der Waals surface area (Å²) in [6.07, 6.45) is -6.28. The monoisotopic (exact) mass is 281 g/mol. The third kappa shape index (κ3) is 4.62. The maximum absolute atomic E-state index is 11.9. The van der Waals surface area contributed by atoms with Gasteiger partial charge >= 0.3 is 12.1 Å². The Hall–Kier alpha value is -1.76. The lowest BCUT2D eigenvalue weighted by Gasteiger charge is -2.08. The summed E-state index contributed by atoms with van der Waals surface area (Å²) in [6, 6.07) is 3.29. The molecule has 0 saturated carbocycles. The molecule has 0 fully saturated rings. The Bertz CT molecular complexity index is 488. The van der Waals surface area contributed by atoms with Crippen LogP contribution < -0.4 is 5.32 Å². The van der Waals surface area contributed by atoms with Gasteiger partial charge in [-0.2, -0.15) is 13.2 Å². The van der Waals surface area contributed by atoms with E-state index in [0.717, 1.165) is 18.2 Å². The Morgan fingerprint density at radius 2 is 1.89 bits per heavy atom. The molecule has 0 spiro atoms. The van der Waals surface area contributed by atoms with E-state index >= 15 is 0 Å².